The third-order valence-electron chi connectivity index (χ3n) is 2.72. The van der Waals surface area contributed by atoms with E-state index in [0.29, 0.717) is 5.75 Å². The van der Waals surface area contributed by atoms with Gasteiger partial charge in [-0.15, -0.1) is 0 Å². The number of carbonyl (C=O) groups excluding carboxylic acids is 1. The number of rotatable bonds is 6. The van der Waals surface area contributed by atoms with Gasteiger partial charge in [0.15, 0.2) is 0 Å². The first-order valence-corrected chi connectivity index (χ1v) is 6.38. The van der Waals surface area contributed by atoms with Crippen molar-refractivity contribution in [2.45, 2.75) is 6.10 Å². The van der Waals surface area contributed by atoms with Crippen LogP contribution >= 0.6 is 0 Å². The van der Waals surface area contributed by atoms with E-state index >= 15 is 0 Å². The van der Waals surface area contributed by atoms with Crippen molar-refractivity contribution in [1.82, 2.24) is 0 Å². The molecule has 2 aromatic rings. The van der Waals surface area contributed by atoms with E-state index in [-0.39, 0.29) is 0 Å². The molecule has 1 unspecified atom stereocenters. The fourth-order valence-corrected chi connectivity index (χ4v) is 1.70. The standard InChI is InChI=1S/C17H14O4/c18-15(12-11-13-7-3-1-4-8-13)16(17(19)20)21-14-9-5-2-6-10-14/h1-12,16H,(H,19,20). The molecule has 0 heterocycles. The molecule has 2 aromatic carbocycles. The van der Waals surface area contributed by atoms with Crippen LogP contribution in [-0.2, 0) is 9.59 Å². The lowest BCUT2D eigenvalue weighted by Crippen LogP contribution is -2.34. The maximum absolute atomic E-state index is 12.0. The molecular weight excluding hydrogens is 268 g/mol. The molecule has 0 aliphatic rings. The lowest BCUT2D eigenvalue weighted by Gasteiger charge is -2.12. The Labute approximate surface area is 122 Å². The highest BCUT2D eigenvalue weighted by Crippen LogP contribution is 2.12. The van der Waals surface area contributed by atoms with Gasteiger partial charge in [0.25, 0.3) is 6.10 Å². The lowest BCUT2D eigenvalue weighted by molar-refractivity contribution is -0.148. The van der Waals surface area contributed by atoms with Crippen LogP contribution in [0.4, 0.5) is 0 Å². The van der Waals surface area contributed by atoms with Gasteiger partial charge < -0.3 is 9.84 Å². The largest absolute Gasteiger partial charge is 0.478 e. The van der Waals surface area contributed by atoms with Crippen LogP contribution < -0.4 is 4.74 Å². The van der Waals surface area contributed by atoms with Crippen LogP contribution in [0.25, 0.3) is 6.08 Å². The minimum Gasteiger partial charge on any atom is -0.478 e. The number of ether oxygens (including phenoxy) is 1. The predicted molar refractivity (Wildman–Crippen MR) is 79.0 cm³/mol. The van der Waals surface area contributed by atoms with E-state index in [1.807, 2.05) is 30.3 Å². The Kier molecular flexibility index (Phi) is 4.88. The summed E-state index contributed by atoms with van der Waals surface area (Å²) < 4.78 is 5.23. The molecule has 0 aliphatic carbocycles. The monoisotopic (exact) mass is 282 g/mol. The van der Waals surface area contributed by atoms with Gasteiger partial charge in [-0.05, 0) is 23.8 Å². The molecule has 0 aliphatic heterocycles. The van der Waals surface area contributed by atoms with E-state index < -0.39 is 17.9 Å². The van der Waals surface area contributed by atoms with Gasteiger partial charge in [0.05, 0.1) is 0 Å². The second-order valence-electron chi connectivity index (χ2n) is 4.30. The van der Waals surface area contributed by atoms with Crippen molar-refractivity contribution in [3.8, 4) is 5.75 Å². The van der Waals surface area contributed by atoms with E-state index in [2.05, 4.69) is 0 Å². The van der Waals surface area contributed by atoms with Crippen LogP contribution in [0.5, 0.6) is 5.75 Å². The minimum atomic E-state index is -1.55. The summed E-state index contributed by atoms with van der Waals surface area (Å²) in [4.78, 5) is 23.1. The highest BCUT2D eigenvalue weighted by atomic mass is 16.5. The second kappa shape index (κ2) is 7.05. The number of carboxylic acid groups (broad SMARTS) is 1. The van der Waals surface area contributed by atoms with E-state index in [1.165, 1.54) is 6.08 Å². The van der Waals surface area contributed by atoms with Crippen LogP contribution in [0.3, 0.4) is 0 Å². The number of hydrogen-bond acceptors (Lipinski definition) is 3. The van der Waals surface area contributed by atoms with Gasteiger partial charge in [0, 0.05) is 0 Å². The molecule has 0 spiro atoms. The fourth-order valence-electron chi connectivity index (χ4n) is 1.70. The topological polar surface area (TPSA) is 63.6 Å². The van der Waals surface area contributed by atoms with E-state index in [1.54, 1.807) is 36.4 Å². The summed E-state index contributed by atoms with van der Waals surface area (Å²) in [7, 11) is 0. The number of carboxylic acids is 1. The summed E-state index contributed by atoms with van der Waals surface area (Å²) in [5, 5.41) is 9.12. The fraction of sp³-hybridized carbons (Fsp3) is 0.0588. The summed E-state index contributed by atoms with van der Waals surface area (Å²) in [6.07, 6.45) is 1.23. The number of aliphatic carboxylic acids is 1. The summed E-state index contributed by atoms with van der Waals surface area (Å²) in [6, 6.07) is 17.6. The average molecular weight is 282 g/mol. The van der Waals surface area contributed by atoms with Crippen LogP contribution in [-0.4, -0.2) is 23.0 Å². The highest BCUT2D eigenvalue weighted by molar-refractivity contribution is 6.09. The molecule has 0 saturated heterocycles. The van der Waals surface area contributed by atoms with E-state index in [9.17, 15) is 9.59 Å². The zero-order chi connectivity index (χ0) is 15.1. The van der Waals surface area contributed by atoms with Gasteiger partial charge in [-0.1, -0.05) is 54.6 Å². The summed E-state index contributed by atoms with van der Waals surface area (Å²) in [6.45, 7) is 0. The number of carbonyl (C=O) groups is 2. The highest BCUT2D eigenvalue weighted by Gasteiger charge is 2.26. The molecule has 0 bridgehead atoms. The Hall–Kier alpha value is -2.88. The predicted octanol–water partition coefficient (Wildman–Crippen LogP) is 2.80. The molecule has 0 saturated carbocycles. The third kappa shape index (κ3) is 4.31. The molecule has 1 N–H and O–H groups in total. The first-order valence-electron chi connectivity index (χ1n) is 6.38. The molecule has 0 fully saturated rings. The average Bonchev–Trinajstić information content (AvgIpc) is 2.52. The van der Waals surface area contributed by atoms with Crippen molar-refractivity contribution in [1.29, 1.82) is 0 Å². The van der Waals surface area contributed by atoms with Crippen molar-refractivity contribution < 1.29 is 19.4 Å². The Morgan fingerprint density at radius 3 is 2.10 bits per heavy atom. The molecule has 0 aromatic heterocycles. The Morgan fingerprint density at radius 1 is 0.952 bits per heavy atom. The number of hydrogen-bond donors (Lipinski definition) is 1. The maximum Gasteiger partial charge on any atom is 0.353 e. The molecule has 106 valence electrons. The van der Waals surface area contributed by atoms with Crippen LogP contribution in [0.2, 0.25) is 0 Å². The summed E-state index contributed by atoms with van der Waals surface area (Å²) in [5.41, 5.74) is 0.815. The molecular formula is C17H14O4. The Bertz CT molecular complexity index is 632. The smallest absolute Gasteiger partial charge is 0.353 e. The van der Waals surface area contributed by atoms with Gasteiger partial charge in [-0.25, -0.2) is 4.79 Å². The van der Waals surface area contributed by atoms with Crippen molar-refractivity contribution in [3.05, 3.63) is 72.3 Å². The molecule has 2 rings (SSSR count). The van der Waals surface area contributed by atoms with Gasteiger partial charge in [-0.3, -0.25) is 4.79 Å². The van der Waals surface area contributed by atoms with Gasteiger partial charge in [-0.2, -0.15) is 0 Å². The van der Waals surface area contributed by atoms with Crippen LogP contribution in [0, 0.1) is 0 Å². The first kappa shape index (κ1) is 14.5. The van der Waals surface area contributed by atoms with Crippen LogP contribution in [0.1, 0.15) is 5.56 Å². The zero-order valence-electron chi connectivity index (χ0n) is 11.2. The molecule has 4 nitrogen and oxygen atoms in total. The quantitative estimate of drug-likeness (QED) is 0.653. The normalized spacial score (nSPS) is 12.0. The first-order chi connectivity index (χ1) is 10.2. The summed E-state index contributed by atoms with van der Waals surface area (Å²) in [5.74, 6) is -1.59. The second-order valence-corrected chi connectivity index (χ2v) is 4.30. The maximum atomic E-state index is 12.0. The van der Waals surface area contributed by atoms with Gasteiger partial charge in [0.2, 0.25) is 5.78 Å². The van der Waals surface area contributed by atoms with Gasteiger partial charge >= 0.3 is 5.97 Å². The molecule has 0 radical (unpaired) electrons. The van der Waals surface area contributed by atoms with E-state index in [4.69, 9.17) is 9.84 Å². The SMILES string of the molecule is O=C(O)C(Oc1ccccc1)C(=O)C=Cc1ccccc1. The summed E-state index contributed by atoms with van der Waals surface area (Å²) >= 11 is 0. The Morgan fingerprint density at radius 2 is 1.52 bits per heavy atom. The van der Waals surface area contributed by atoms with Gasteiger partial charge in [0.1, 0.15) is 5.75 Å². The number of ketones is 1. The van der Waals surface area contributed by atoms with Crippen molar-refractivity contribution in [2.24, 2.45) is 0 Å². The Balaban J connectivity index is 2.09. The molecule has 21 heavy (non-hydrogen) atoms. The van der Waals surface area contributed by atoms with Crippen molar-refractivity contribution >= 4 is 17.8 Å². The van der Waals surface area contributed by atoms with Crippen molar-refractivity contribution in [3.63, 3.8) is 0 Å². The number of para-hydroxylation sites is 1. The third-order valence-corrected chi connectivity index (χ3v) is 2.72. The molecule has 0 amide bonds. The lowest BCUT2D eigenvalue weighted by atomic mass is 10.1. The number of benzene rings is 2. The molecule has 1 atom stereocenters. The van der Waals surface area contributed by atoms with Crippen LogP contribution in [0.15, 0.2) is 66.7 Å². The van der Waals surface area contributed by atoms with Crippen molar-refractivity contribution in [2.75, 3.05) is 0 Å². The minimum absolute atomic E-state index is 0.339. The van der Waals surface area contributed by atoms with E-state index in [0.717, 1.165) is 5.56 Å². The molecule has 4 heteroatoms. The zero-order valence-corrected chi connectivity index (χ0v) is 11.2.